The van der Waals surface area contributed by atoms with Crippen molar-refractivity contribution in [3.05, 3.63) is 59.1 Å². The highest BCUT2D eigenvalue weighted by atomic mass is 32.1. The minimum Gasteiger partial charge on any atom is -0.480 e. The summed E-state index contributed by atoms with van der Waals surface area (Å²) in [6, 6.07) is 11.2. The number of carboxylic acid groups (broad SMARTS) is 1. The number of aliphatic carboxylic acids is 1. The van der Waals surface area contributed by atoms with Gasteiger partial charge in [0.2, 0.25) is 0 Å². The minimum atomic E-state index is -0.794. The molecule has 2 aromatic heterocycles. The predicted octanol–water partition coefficient (Wildman–Crippen LogP) is 3.85. The van der Waals surface area contributed by atoms with Gasteiger partial charge >= 0.3 is 5.97 Å². The number of carboxylic acids is 1. The first kappa shape index (κ1) is 16.0. The van der Waals surface area contributed by atoms with Crippen LogP contribution in [0.25, 0.3) is 10.2 Å². The molecule has 4 nitrogen and oxygen atoms in total. The fraction of sp³-hybridized carbons (Fsp3) is 0.176. The highest BCUT2D eigenvalue weighted by Gasteiger charge is 2.09. The summed E-state index contributed by atoms with van der Waals surface area (Å²) >= 11 is 1.59. The zero-order valence-corrected chi connectivity index (χ0v) is 13.0. The Morgan fingerprint density at radius 2 is 2.00 bits per heavy atom. The number of aromatic nitrogens is 1. The molecular formula is C17H17NO3S. The summed E-state index contributed by atoms with van der Waals surface area (Å²) in [5.74, 6) is -0.794. The van der Waals surface area contributed by atoms with E-state index in [-0.39, 0.29) is 6.54 Å². The van der Waals surface area contributed by atoms with Gasteiger partial charge in [-0.2, -0.15) is 0 Å². The van der Waals surface area contributed by atoms with Crippen molar-refractivity contribution in [2.75, 3.05) is 0 Å². The first-order chi connectivity index (χ1) is 10.7. The van der Waals surface area contributed by atoms with Gasteiger partial charge < -0.3 is 9.67 Å². The predicted molar refractivity (Wildman–Crippen MR) is 88.7 cm³/mol. The third-order valence-corrected chi connectivity index (χ3v) is 4.14. The van der Waals surface area contributed by atoms with Gasteiger partial charge in [0.15, 0.2) is 0 Å². The third kappa shape index (κ3) is 3.83. The van der Waals surface area contributed by atoms with E-state index in [2.05, 4.69) is 13.0 Å². The molecule has 0 aliphatic carbocycles. The number of hydrogen-bond acceptors (Lipinski definition) is 3. The maximum atomic E-state index is 10.6. The van der Waals surface area contributed by atoms with Gasteiger partial charge in [-0.3, -0.25) is 9.59 Å². The van der Waals surface area contributed by atoms with Gasteiger partial charge in [0.05, 0.1) is 0 Å². The number of carbonyl (C=O) groups excluding carboxylic acids is 1. The number of benzene rings is 1. The molecule has 0 saturated heterocycles. The van der Waals surface area contributed by atoms with E-state index in [1.165, 1.54) is 10.9 Å². The highest BCUT2D eigenvalue weighted by Crippen LogP contribution is 2.26. The number of aldehydes is 1. The van der Waals surface area contributed by atoms with Gasteiger partial charge in [-0.1, -0.05) is 37.3 Å². The van der Waals surface area contributed by atoms with E-state index < -0.39 is 5.97 Å². The van der Waals surface area contributed by atoms with Crippen molar-refractivity contribution < 1.29 is 14.7 Å². The number of rotatable bonds is 4. The summed E-state index contributed by atoms with van der Waals surface area (Å²) in [7, 11) is 0. The lowest BCUT2D eigenvalue weighted by molar-refractivity contribution is -0.137. The number of thiophene rings is 1. The average molecular weight is 315 g/mol. The Morgan fingerprint density at radius 1 is 1.27 bits per heavy atom. The number of aryl methyl sites for hydroxylation is 1. The zero-order chi connectivity index (χ0) is 15.9. The average Bonchev–Trinajstić information content (AvgIpc) is 3.12. The van der Waals surface area contributed by atoms with Gasteiger partial charge in [-0.05, 0) is 23.4 Å². The Kier molecular flexibility index (Phi) is 5.49. The van der Waals surface area contributed by atoms with Crippen molar-refractivity contribution in [1.82, 2.24) is 4.57 Å². The van der Waals surface area contributed by atoms with Crippen molar-refractivity contribution >= 4 is 33.8 Å². The van der Waals surface area contributed by atoms with Gasteiger partial charge in [0.1, 0.15) is 17.7 Å². The van der Waals surface area contributed by atoms with Crippen LogP contribution in [0, 0.1) is 0 Å². The van der Waals surface area contributed by atoms with Crippen molar-refractivity contribution in [3.8, 4) is 0 Å². The van der Waals surface area contributed by atoms with Gasteiger partial charge in [0.25, 0.3) is 0 Å². The van der Waals surface area contributed by atoms with Crippen LogP contribution < -0.4 is 0 Å². The standard InChI is InChI=1S/C10H11NO2S.C7H6O/c1-2-7-5-11(6-9(12)13)10-8(7)3-4-14-10;8-6-7-4-2-1-3-5-7/h3-5H,2,6H2,1H3,(H,12,13);1-6H. The molecule has 0 spiro atoms. The molecule has 3 rings (SSSR count). The molecule has 0 saturated carbocycles. The maximum absolute atomic E-state index is 10.6. The van der Waals surface area contributed by atoms with Crippen molar-refractivity contribution in [2.45, 2.75) is 19.9 Å². The van der Waals surface area contributed by atoms with E-state index in [0.29, 0.717) is 0 Å². The van der Waals surface area contributed by atoms with Crippen LogP contribution >= 0.6 is 11.3 Å². The van der Waals surface area contributed by atoms with Crippen LogP contribution in [0.5, 0.6) is 0 Å². The van der Waals surface area contributed by atoms with Crippen LogP contribution in [0.4, 0.5) is 0 Å². The van der Waals surface area contributed by atoms with Crippen LogP contribution in [0.2, 0.25) is 0 Å². The molecule has 5 heteroatoms. The van der Waals surface area contributed by atoms with Crippen LogP contribution in [-0.4, -0.2) is 21.9 Å². The molecule has 0 atom stereocenters. The molecule has 0 aliphatic heterocycles. The SMILES string of the molecule is CCc1cn(CC(=O)O)c2sccc12.O=Cc1ccccc1. The summed E-state index contributed by atoms with van der Waals surface area (Å²) in [5.41, 5.74) is 1.95. The lowest BCUT2D eigenvalue weighted by Gasteiger charge is -1.96. The Hall–Kier alpha value is -2.40. The first-order valence-corrected chi connectivity index (χ1v) is 7.81. The van der Waals surface area contributed by atoms with Crippen molar-refractivity contribution in [1.29, 1.82) is 0 Å². The molecule has 114 valence electrons. The molecule has 0 amide bonds. The molecular weight excluding hydrogens is 298 g/mol. The molecule has 1 aromatic carbocycles. The smallest absolute Gasteiger partial charge is 0.323 e. The summed E-state index contributed by atoms with van der Waals surface area (Å²) in [5, 5.41) is 11.9. The first-order valence-electron chi connectivity index (χ1n) is 6.93. The van der Waals surface area contributed by atoms with Gasteiger partial charge in [-0.25, -0.2) is 0 Å². The maximum Gasteiger partial charge on any atom is 0.323 e. The van der Waals surface area contributed by atoms with E-state index in [0.717, 1.165) is 23.1 Å². The van der Waals surface area contributed by atoms with Crippen LogP contribution in [0.3, 0.4) is 0 Å². The number of nitrogens with zero attached hydrogens (tertiary/aromatic N) is 1. The largest absolute Gasteiger partial charge is 0.480 e. The van der Waals surface area contributed by atoms with E-state index in [4.69, 9.17) is 5.11 Å². The van der Waals surface area contributed by atoms with E-state index in [9.17, 15) is 9.59 Å². The minimum absolute atomic E-state index is 0.0526. The fourth-order valence-corrected chi connectivity index (χ4v) is 3.07. The molecule has 0 unspecified atom stereocenters. The second-order valence-electron chi connectivity index (χ2n) is 4.70. The Bertz CT molecular complexity index is 759. The number of hydrogen-bond donors (Lipinski definition) is 1. The fourth-order valence-electron chi connectivity index (χ4n) is 2.16. The van der Waals surface area contributed by atoms with Crippen LogP contribution in [-0.2, 0) is 17.8 Å². The molecule has 2 heterocycles. The Labute approximate surface area is 132 Å². The van der Waals surface area contributed by atoms with Gasteiger partial charge in [0, 0.05) is 17.1 Å². The lowest BCUT2D eigenvalue weighted by Crippen LogP contribution is -2.06. The summed E-state index contributed by atoms with van der Waals surface area (Å²) in [4.78, 5) is 21.7. The van der Waals surface area contributed by atoms with Crippen molar-refractivity contribution in [2.24, 2.45) is 0 Å². The second kappa shape index (κ2) is 7.56. The van der Waals surface area contributed by atoms with E-state index in [1.807, 2.05) is 29.8 Å². The summed E-state index contributed by atoms with van der Waals surface area (Å²) in [6.45, 7) is 2.13. The third-order valence-electron chi connectivity index (χ3n) is 3.19. The number of carbonyl (C=O) groups is 2. The second-order valence-corrected chi connectivity index (χ2v) is 5.59. The normalized spacial score (nSPS) is 10.0. The molecule has 22 heavy (non-hydrogen) atoms. The topological polar surface area (TPSA) is 59.3 Å². The van der Waals surface area contributed by atoms with E-state index >= 15 is 0 Å². The molecule has 3 aromatic rings. The van der Waals surface area contributed by atoms with Crippen molar-refractivity contribution in [3.63, 3.8) is 0 Å². The molecule has 1 N–H and O–H groups in total. The molecule has 0 bridgehead atoms. The van der Waals surface area contributed by atoms with Crippen LogP contribution in [0.15, 0.2) is 48.0 Å². The van der Waals surface area contributed by atoms with Gasteiger partial charge in [-0.15, -0.1) is 11.3 Å². The lowest BCUT2D eigenvalue weighted by atomic mass is 10.2. The summed E-state index contributed by atoms with van der Waals surface area (Å²) in [6.07, 6.45) is 3.72. The molecule has 0 radical (unpaired) electrons. The quantitative estimate of drug-likeness (QED) is 0.744. The Morgan fingerprint density at radius 3 is 2.55 bits per heavy atom. The summed E-state index contributed by atoms with van der Waals surface area (Å²) < 4.78 is 1.81. The van der Waals surface area contributed by atoms with E-state index in [1.54, 1.807) is 28.0 Å². The Balaban J connectivity index is 0.000000188. The molecule has 0 aliphatic rings. The van der Waals surface area contributed by atoms with Crippen LogP contribution in [0.1, 0.15) is 22.8 Å². The zero-order valence-electron chi connectivity index (χ0n) is 12.2. The number of fused-ring (bicyclic) bond motifs is 1. The monoisotopic (exact) mass is 315 g/mol. The molecule has 0 fully saturated rings. The highest BCUT2D eigenvalue weighted by molar-refractivity contribution is 7.16.